The predicted octanol–water partition coefficient (Wildman–Crippen LogP) is 7.53. The minimum absolute atomic E-state index is 0.0847. The van der Waals surface area contributed by atoms with Crippen LogP contribution < -0.4 is 0 Å². The molecule has 0 saturated heterocycles. The van der Waals surface area contributed by atoms with Crippen LogP contribution in [0.1, 0.15) is 104 Å². The van der Waals surface area contributed by atoms with E-state index < -0.39 is 5.69 Å². The zero-order valence-corrected chi connectivity index (χ0v) is 21.8. The molecule has 0 amide bonds. The molecule has 0 aromatic rings. The van der Waals surface area contributed by atoms with E-state index in [1.165, 1.54) is 77.0 Å². The van der Waals surface area contributed by atoms with E-state index in [1.807, 2.05) is 0 Å². The first-order chi connectivity index (χ1) is 11.4. The molecule has 24 heavy (non-hydrogen) atoms. The van der Waals surface area contributed by atoms with Gasteiger partial charge in [0.2, 0.25) is 5.69 Å². The van der Waals surface area contributed by atoms with Crippen LogP contribution in [0.25, 0.3) is 0 Å². The van der Waals surface area contributed by atoms with E-state index in [2.05, 4.69) is 37.9 Å². The van der Waals surface area contributed by atoms with Crippen LogP contribution in [0.3, 0.4) is 0 Å². The molecule has 0 aliphatic rings. The molecule has 0 aromatic carbocycles. The smallest absolute Gasteiger partial charge is 0.239 e. The van der Waals surface area contributed by atoms with Crippen molar-refractivity contribution in [3.8, 4) is 0 Å². The molecule has 0 spiro atoms. The largest absolute Gasteiger partial charge is 0.338 e. The Labute approximate surface area is 169 Å². The number of thiol groups is 1. The van der Waals surface area contributed by atoms with Gasteiger partial charge in [-0.3, -0.25) is 0 Å². The van der Waals surface area contributed by atoms with Crippen molar-refractivity contribution >= 4 is 29.7 Å². The van der Waals surface area contributed by atoms with Gasteiger partial charge in [-0.15, -0.1) is 0 Å². The Balaban J connectivity index is 0. The van der Waals surface area contributed by atoms with Gasteiger partial charge in [-0.2, -0.15) is 0 Å². The van der Waals surface area contributed by atoms with Crippen LogP contribution in [0.4, 0.5) is 0 Å². The maximum absolute atomic E-state index is 7.87. The zero-order valence-electron chi connectivity index (χ0n) is 16.2. The summed E-state index contributed by atoms with van der Waals surface area (Å²) < 4.78 is 0. The van der Waals surface area contributed by atoms with Crippen LogP contribution in [0, 0.1) is 0 Å². The molecule has 0 rings (SSSR count). The number of rotatable bonds is 16. The van der Waals surface area contributed by atoms with Crippen LogP contribution >= 0.6 is 17.9 Å². The second-order valence-electron chi connectivity index (χ2n) is 6.82. The third-order valence-electron chi connectivity index (χ3n) is 4.21. The second kappa shape index (κ2) is 22.6. The summed E-state index contributed by atoms with van der Waals surface area (Å²) in [5, 5.41) is 3.35. The summed E-state index contributed by atoms with van der Waals surface area (Å²) in [6, 6.07) is 0. The van der Waals surface area contributed by atoms with Crippen molar-refractivity contribution in [2.24, 2.45) is 0 Å². The molecule has 2 nitrogen and oxygen atoms in total. The fourth-order valence-electron chi connectivity index (χ4n) is 2.80. The molecule has 0 radical (unpaired) electrons. The average molecular weight is 450 g/mol. The third-order valence-corrected chi connectivity index (χ3v) is 8.40. The molecule has 144 valence electrons. The van der Waals surface area contributed by atoms with Gasteiger partial charge < -0.3 is 9.79 Å². The van der Waals surface area contributed by atoms with Gasteiger partial charge >= 0.3 is 131 Å². The van der Waals surface area contributed by atoms with Crippen molar-refractivity contribution in [3.05, 3.63) is 0 Å². The summed E-state index contributed by atoms with van der Waals surface area (Å²) in [4.78, 5) is 15.7. The van der Waals surface area contributed by atoms with Crippen molar-refractivity contribution in [2.75, 3.05) is 0 Å². The summed E-state index contributed by atoms with van der Waals surface area (Å²) in [5.41, 5.74) is -3.11. The first-order valence-electron chi connectivity index (χ1n) is 10.2. The summed E-state index contributed by atoms with van der Waals surface area (Å²) in [6.45, 7) is 4.61. The normalized spacial score (nSPS) is 10.9. The molecule has 0 atom stereocenters. The van der Waals surface area contributed by atoms with Crippen molar-refractivity contribution in [1.29, 1.82) is 0 Å². The number of hydrogen-bond acceptors (Lipinski definition) is 1. The fraction of sp³-hybridized carbons (Fsp3) is 1.00. The van der Waals surface area contributed by atoms with Crippen molar-refractivity contribution < 1.29 is 26.9 Å². The second-order valence-corrected chi connectivity index (χ2v) is 16.3. The van der Waals surface area contributed by atoms with Crippen molar-refractivity contribution in [2.45, 2.75) is 114 Å². The van der Waals surface area contributed by atoms with Crippen molar-refractivity contribution in [1.82, 2.24) is 0 Å². The standard InChI is InChI=1S/2C9H19.H3O2PS2.Zn/c2*1-3-5-7-9-8-6-4-2;1-3(2,4)5;/h2*1,3-9H2,2H3;(H3,1,2,4,5);. The minimum Gasteiger partial charge on any atom is -0.338 e. The Hall–Kier alpha value is 1.54. The van der Waals surface area contributed by atoms with Crippen molar-refractivity contribution in [3.63, 3.8) is 0 Å². The van der Waals surface area contributed by atoms with Gasteiger partial charge in [-0.1, -0.05) is 12.2 Å². The Morgan fingerprint density at radius 3 is 1.21 bits per heavy atom. The van der Waals surface area contributed by atoms with E-state index in [9.17, 15) is 0 Å². The van der Waals surface area contributed by atoms with E-state index in [-0.39, 0.29) is 17.1 Å². The van der Waals surface area contributed by atoms with Crippen LogP contribution in [-0.4, -0.2) is 9.79 Å². The Bertz CT molecular complexity index is 251. The Morgan fingerprint density at radius 1 is 0.667 bits per heavy atom. The molecule has 0 aliphatic carbocycles. The number of unbranched alkanes of at least 4 members (excludes halogenated alkanes) is 12. The van der Waals surface area contributed by atoms with Crippen LogP contribution in [-0.2, 0) is 28.9 Å². The SMILES string of the molecule is CCCCCCCC[CH2][Zn][CH2]CCCCCCCC.OP(O)(=S)S. The molecule has 0 fully saturated rings. The maximum Gasteiger partial charge on any atom is 0.239 e. The molecule has 0 unspecified atom stereocenters. The first-order valence-corrected chi connectivity index (χ1v) is 18.3. The Kier molecular flexibility index (Phi) is 26.1. The van der Waals surface area contributed by atoms with E-state index >= 15 is 0 Å². The van der Waals surface area contributed by atoms with Gasteiger partial charge in [0.15, 0.2) is 0 Å². The number of hydrogen-bond donors (Lipinski definition) is 3. The van der Waals surface area contributed by atoms with Crippen LogP contribution in [0.15, 0.2) is 0 Å². The summed E-state index contributed by atoms with van der Waals surface area (Å²) >= 11 is 6.99. The van der Waals surface area contributed by atoms with Gasteiger partial charge in [0.05, 0.1) is 0 Å². The third kappa shape index (κ3) is 38.9. The van der Waals surface area contributed by atoms with E-state index in [0.29, 0.717) is 0 Å². The summed E-state index contributed by atoms with van der Waals surface area (Å²) in [7, 11) is 0. The quantitative estimate of drug-likeness (QED) is 0.0986. The Morgan fingerprint density at radius 2 is 0.917 bits per heavy atom. The van der Waals surface area contributed by atoms with Gasteiger partial charge in [0.25, 0.3) is 0 Å². The maximum atomic E-state index is 7.87. The predicted molar refractivity (Wildman–Crippen MR) is 113 cm³/mol. The molecule has 6 heteroatoms. The molecule has 0 aliphatic heterocycles. The molecule has 0 bridgehead atoms. The van der Waals surface area contributed by atoms with Gasteiger partial charge in [0.1, 0.15) is 0 Å². The van der Waals surface area contributed by atoms with E-state index in [4.69, 9.17) is 9.79 Å². The zero-order chi connectivity index (χ0) is 18.5. The average Bonchev–Trinajstić information content (AvgIpc) is 2.49. The monoisotopic (exact) mass is 448 g/mol. The molecule has 0 heterocycles. The molecule has 0 saturated carbocycles. The summed E-state index contributed by atoms with van der Waals surface area (Å²) in [5.74, 6) is 0. The summed E-state index contributed by atoms with van der Waals surface area (Å²) in [6.07, 6.45) is 20.9. The van der Waals surface area contributed by atoms with Crippen LogP contribution in [0.5, 0.6) is 0 Å². The van der Waals surface area contributed by atoms with E-state index in [0.717, 1.165) is 0 Å². The topological polar surface area (TPSA) is 40.5 Å². The van der Waals surface area contributed by atoms with Gasteiger partial charge in [-0.05, 0) is 11.8 Å². The molecular weight excluding hydrogens is 409 g/mol. The van der Waals surface area contributed by atoms with E-state index in [1.54, 1.807) is 22.9 Å². The molecule has 2 N–H and O–H groups in total. The van der Waals surface area contributed by atoms with Gasteiger partial charge in [-0.25, -0.2) is 0 Å². The minimum atomic E-state index is -3.11. The van der Waals surface area contributed by atoms with Gasteiger partial charge in [0, 0.05) is 0 Å². The molecular formula is C18H41O2PS2Zn. The van der Waals surface area contributed by atoms with Crippen LogP contribution in [0.2, 0.25) is 10.0 Å². The fourth-order valence-corrected chi connectivity index (χ4v) is 6.51. The molecule has 0 aromatic heterocycles. The first kappa shape index (κ1) is 27.8.